The number of ketones is 1. The molecule has 0 unspecified atom stereocenters. The molecule has 0 aliphatic carbocycles. The summed E-state index contributed by atoms with van der Waals surface area (Å²) in [5, 5.41) is 24.4. The number of aliphatic hydroxyl groups excluding tert-OH is 2. The summed E-state index contributed by atoms with van der Waals surface area (Å²) in [6.07, 6.45) is 6.28. The highest BCUT2D eigenvalue weighted by molar-refractivity contribution is 7.09. The molecular formula is C26H39NO5S. The van der Waals surface area contributed by atoms with Crippen molar-refractivity contribution in [2.75, 3.05) is 0 Å². The van der Waals surface area contributed by atoms with Gasteiger partial charge in [0.2, 0.25) is 0 Å². The van der Waals surface area contributed by atoms with Gasteiger partial charge < -0.3 is 14.9 Å². The van der Waals surface area contributed by atoms with Crippen LogP contribution in [0.4, 0.5) is 0 Å². The molecule has 1 aromatic rings. The van der Waals surface area contributed by atoms with Gasteiger partial charge in [-0.2, -0.15) is 0 Å². The van der Waals surface area contributed by atoms with E-state index < -0.39 is 35.6 Å². The van der Waals surface area contributed by atoms with Gasteiger partial charge in [0.25, 0.3) is 0 Å². The highest BCUT2D eigenvalue weighted by Gasteiger charge is 2.42. The first-order valence-corrected chi connectivity index (χ1v) is 12.7. The van der Waals surface area contributed by atoms with Crippen LogP contribution in [-0.4, -0.2) is 45.3 Å². The highest BCUT2D eigenvalue weighted by Crippen LogP contribution is 2.32. The lowest BCUT2D eigenvalue weighted by molar-refractivity contribution is -0.154. The SMILES string of the molecule is C/C(=C\c1csc(C)n1)[C@H]1C/C=C\CCC[C@@H](C)[C@H](O)[C@H](C)C(=O)C(C)(C)[C@H](O)CC(=O)O1. The number of aromatic nitrogens is 1. The van der Waals surface area contributed by atoms with Gasteiger partial charge in [-0.15, -0.1) is 11.3 Å². The first-order valence-electron chi connectivity index (χ1n) is 11.8. The molecule has 0 saturated carbocycles. The molecule has 0 spiro atoms. The number of Topliss-reactive ketones (excluding diaryl/α,β-unsaturated/α-hetero) is 1. The van der Waals surface area contributed by atoms with E-state index in [1.165, 1.54) is 0 Å². The molecule has 0 radical (unpaired) electrons. The van der Waals surface area contributed by atoms with Crippen molar-refractivity contribution in [3.63, 3.8) is 0 Å². The van der Waals surface area contributed by atoms with Crippen LogP contribution in [0.25, 0.3) is 6.08 Å². The molecule has 0 amide bonds. The van der Waals surface area contributed by atoms with E-state index in [1.807, 2.05) is 38.3 Å². The van der Waals surface area contributed by atoms with E-state index in [-0.39, 0.29) is 18.1 Å². The summed E-state index contributed by atoms with van der Waals surface area (Å²) in [7, 11) is 0. The number of aryl methyl sites for hydroxylation is 1. The van der Waals surface area contributed by atoms with Crippen molar-refractivity contribution in [3.05, 3.63) is 33.8 Å². The lowest BCUT2D eigenvalue weighted by atomic mass is 9.73. The number of nitrogens with zero attached hydrogens (tertiary/aromatic N) is 1. The van der Waals surface area contributed by atoms with Gasteiger partial charge in [0.1, 0.15) is 11.9 Å². The van der Waals surface area contributed by atoms with Crippen LogP contribution < -0.4 is 0 Å². The molecule has 33 heavy (non-hydrogen) atoms. The van der Waals surface area contributed by atoms with E-state index in [0.717, 1.165) is 35.5 Å². The zero-order valence-electron chi connectivity index (χ0n) is 20.7. The predicted octanol–water partition coefficient (Wildman–Crippen LogP) is 4.88. The maximum atomic E-state index is 13.1. The zero-order chi connectivity index (χ0) is 24.8. The number of aliphatic hydroxyl groups is 2. The molecule has 7 heteroatoms. The molecular weight excluding hydrogens is 438 g/mol. The summed E-state index contributed by atoms with van der Waals surface area (Å²) in [6.45, 7) is 10.8. The third kappa shape index (κ3) is 7.59. The number of rotatable bonds is 2. The van der Waals surface area contributed by atoms with Crippen molar-refractivity contribution in [3.8, 4) is 0 Å². The Morgan fingerprint density at radius 3 is 2.58 bits per heavy atom. The molecule has 0 bridgehead atoms. The van der Waals surface area contributed by atoms with Gasteiger partial charge in [0, 0.05) is 17.7 Å². The fourth-order valence-corrected chi connectivity index (χ4v) is 4.75. The van der Waals surface area contributed by atoms with E-state index >= 15 is 0 Å². The van der Waals surface area contributed by atoms with Gasteiger partial charge in [-0.05, 0) is 50.7 Å². The summed E-state index contributed by atoms with van der Waals surface area (Å²) in [4.78, 5) is 30.3. The van der Waals surface area contributed by atoms with Crippen LogP contribution in [0.15, 0.2) is 23.1 Å². The molecule has 2 heterocycles. The maximum Gasteiger partial charge on any atom is 0.309 e. The Morgan fingerprint density at radius 2 is 1.94 bits per heavy atom. The monoisotopic (exact) mass is 477 g/mol. The number of carbonyl (C=O) groups excluding carboxylic acids is 2. The molecule has 1 aromatic heterocycles. The van der Waals surface area contributed by atoms with Crippen LogP contribution in [0.1, 0.15) is 77.4 Å². The number of hydrogen-bond donors (Lipinski definition) is 2. The predicted molar refractivity (Wildman–Crippen MR) is 132 cm³/mol. The van der Waals surface area contributed by atoms with E-state index in [4.69, 9.17) is 4.74 Å². The summed E-state index contributed by atoms with van der Waals surface area (Å²) >= 11 is 1.56. The molecule has 6 nitrogen and oxygen atoms in total. The topological polar surface area (TPSA) is 96.7 Å². The minimum Gasteiger partial charge on any atom is -0.457 e. The summed E-state index contributed by atoms with van der Waals surface area (Å²) in [5.74, 6) is -1.48. The molecule has 5 atom stereocenters. The van der Waals surface area contributed by atoms with Crippen LogP contribution in [0.5, 0.6) is 0 Å². The van der Waals surface area contributed by atoms with Crippen LogP contribution in [0.3, 0.4) is 0 Å². The van der Waals surface area contributed by atoms with E-state index in [2.05, 4.69) is 11.1 Å². The van der Waals surface area contributed by atoms with Crippen molar-refractivity contribution in [2.45, 2.75) is 92.0 Å². The van der Waals surface area contributed by atoms with E-state index in [0.29, 0.717) is 6.42 Å². The highest BCUT2D eigenvalue weighted by atomic mass is 32.1. The van der Waals surface area contributed by atoms with Gasteiger partial charge in [0.15, 0.2) is 0 Å². The smallest absolute Gasteiger partial charge is 0.309 e. The molecule has 0 fully saturated rings. The lowest BCUT2D eigenvalue weighted by Gasteiger charge is -2.34. The number of ether oxygens (including phenoxy) is 1. The molecule has 0 aromatic carbocycles. The second-order valence-electron chi connectivity index (χ2n) is 9.86. The Hall–Kier alpha value is -1.83. The Balaban J connectivity index is 2.27. The van der Waals surface area contributed by atoms with Gasteiger partial charge in [-0.25, -0.2) is 4.98 Å². The van der Waals surface area contributed by atoms with E-state index in [9.17, 15) is 19.8 Å². The number of thiazole rings is 1. The van der Waals surface area contributed by atoms with Gasteiger partial charge in [-0.1, -0.05) is 39.8 Å². The lowest BCUT2D eigenvalue weighted by Crippen LogP contribution is -2.45. The summed E-state index contributed by atoms with van der Waals surface area (Å²) < 4.78 is 5.75. The van der Waals surface area contributed by atoms with Crippen LogP contribution >= 0.6 is 11.3 Å². The fraction of sp³-hybridized carbons (Fsp3) is 0.654. The van der Waals surface area contributed by atoms with Crippen molar-refractivity contribution in [2.24, 2.45) is 17.3 Å². The average molecular weight is 478 g/mol. The summed E-state index contributed by atoms with van der Waals surface area (Å²) in [5.41, 5.74) is 0.513. The molecule has 184 valence electrons. The third-order valence-electron chi connectivity index (χ3n) is 6.68. The largest absolute Gasteiger partial charge is 0.457 e. The Morgan fingerprint density at radius 1 is 1.24 bits per heavy atom. The molecule has 2 N–H and O–H groups in total. The number of cyclic esters (lactones) is 1. The first kappa shape index (κ1) is 27.4. The van der Waals surface area contributed by atoms with E-state index in [1.54, 1.807) is 32.1 Å². The van der Waals surface area contributed by atoms with Crippen molar-refractivity contribution in [1.29, 1.82) is 0 Å². The van der Waals surface area contributed by atoms with Crippen molar-refractivity contribution < 1.29 is 24.5 Å². The Bertz CT molecular complexity index is 872. The van der Waals surface area contributed by atoms with Crippen LogP contribution in [-0.2, 0) is 14.3 Å². The van der Waals surface area contributed by atoms with Gasteiger partial charge in [0.05, 0.1) is 34.7 Å². The Kier molecular flexibility index (Phi) is 10.0. The molecule has 2 rings (SSSR count). The minimum absolute atomic E-state index is 0.0392. The van der Waals surface area contributed by atoms with Crippen molar-refractivity contribution in [1.82, 2.24) is 4.98 Å². The maximum absolute atomic E-state index is 13.1. The standard InChI is InChI=1S/C26H39NO5S/c1-16-11-9-7-8-10-12-21(17(2)13-20-15-33-19(4)27-20)32-23(29)14-22(28)26(5,6)25(31)18(3)24(16)30/h8,10,13,15-16,18,21-22,24,28,30H,7,9,11-12,14H2,1-6H3/b10-8-,17-13+/t16-,18+,21-,22-,24+/m1/s1. The zero-order valence-corrected chi connectivity index (χ0v) is 21.5. The number of esters is 1. The fourth-order valence-electron chi connectivity index (χ4n) is 4.18. The first-order chi connectivity index (χ1) is 15.4. The van der Waals surface area contributed by atoms with Gasteiger partial charge >= 0.3 is 5.97 Å². The molecule has 0 saturated heterocycles. The number of hydrogen-bond acceptors (Lipinski definition) is 7. The van der Waals surface area contributed by atoms with Crippen LogP contribution in [0.2, 0.25) is 0 Å². The third-order valence-corrected chi connectivity index (χ3v) is 7.47. The van der Waals surface area contributed by atoms with Crippen LogP contribution in [0, 0.1) is 24.2 Å². The Labute approximate surface area is 201 Å². The second-order valence-corrected chi connectivity index (χ2v) is 10.9. The number of allylic oxidation sites excluding steroid dienone is 1. The normalized spacial score (nSPS) is 31.8. The summed E-state index contributed by atoms with van der Waals surface area (Å²) in [6, 6.07) is 0. The average Bonchev–Trinajstić information content (AvgIpc) is 3.16. The number of carbonyl (C=O) groups is 2. The molecule has 1 aliphatic heterocycles. The quantitative estimate of drug-likeness (QED) is 0.466. The second kappa shape index (κ2) is 12.0. The minimum atomic E-state index is -1.21. The van der Waals surface area contributed by atoms with Crippen molar-refractivity contribution >= 4 is 29.2 Å². The molecule has 1 aliphatic rings. The van der Waals surface area contributed by atoms with Gasteiger partial charge in [-0.3, -0.25) is 9.59 Å².